The quantitative estimate of drug-likeness (QED) is 0.677. The molecule has 1 N–H and O–H groups in total. The summed E-state index contributed by atoms with van der Waals surface area (Å²) >= 11 is 0. The Morgan fingerprint density at radius 1 is 1.43 bits per heavy atom. The lowest BCUT2D eigenvalue weighted by Gasteiger charge is -2.23. The molecule has 1 aliphatic rings. The second-order valence-electron chi connectivity index (χ2n) is 4.51. The molecule has 80 valence electrons. The van der Waals surface area contributed by atoms with Crippen LogP contribution < -0.4 is 5.32 Å². The maximum absolute atomic E-state index is 5.46. The third-order valence-electron chi connectivity index (χ3n) is 3.78. The van der Waals surface area contributed by atoms with Gasteiger partial charge in [0.2, 0.25) is 0 Å². The minimum Gasteiger partial charge on any atom is -0.301 e. The molecule has 4 atom stereocenters. The van der Waals surface area contributed by atoms with Crippen LogP contribution in [0.2, 0.25) is 0 Å². The molecule has 14 heavy (non-hydrogen) atoms. The van der Waals surface area contributed by atoms with Crippen LogP contribution in [-0.4, -0.2) is 12.1 Å². The maximum atomic E-state index is 5.46. The largest absolute Gasteiger partial charge is 0.301 e. The van der Waals surface area contributed by atoms with Gasteiger partial charge in [0.25, 0.3) is 0 Å². The Kier molecular flexibility index (Phi) is 4.48. The molecule has 0 aromatic rings. The summed E-state index contributed by atoms with van der Waals surface area (Å²) in [4.78, 5) is 0. The fourth-order valence-corrected chi connectivity index (χ4v) is 2.60. The van der Waals surface area contributed by atoms with Crippen molar-refractivity contribution >= 4 is 0 Å². The molecule has 0 saturated heterocycles. The zero-order valence-electron chi connectivity index (χ0n) is 9.72. The van der Waals surface area contributed by atoms with E-state index in [1.54, 1.807) is 0 Å². The zero-order chi connectivity index (χ0) is 10.6. The predicted octanol–water partition coefficient (Wildman–Crippen LogP) is 2.81. The molecule has 1 nitrogen and oxygen atoms in total. The first-order chi connectivity index (χ1) is 6.72. The van der Waals surface area contributed by atoms with Crippen molar-refractivity contribution in [2.75, 3.05) is 0 Å². The summed E-state index contributed by atoms with van der Waals surface area (Å²) < 4.78 is 0. The molecule has 1 fully saturated rings. The molecule has 1 rings (SSSR count). The van der Waals surface area contributed by atoms with Crippen molar-refractivity contribution in [3.8, 4) is 12.3 Å². The molecule has 0 spiro atoms. The van der Waals surface area contributed by atoms with Gasteiger partial charge in [0.05, 0.1) is 6.04 Å². The fourth-order valence-electron chi connectivity index (χ4n) is 2.60. The lowest BCUT2D eigenvalue weighted by molar-refractivity contribution is 0.333. The Morgan fingerprint density at radius 2 is 2.14 bits per heavy atom. The second-order valence-corrected chi connectivity index (χ2v) is 4.51. The van der Waals surface area contributed by atoms with E-state index in [-0.39, 0.29) is 6.04 Å². The second kappa shape index (κ2) is 5.41. The Bertz CT molecular complexity index is 204. The summed E-state index contributed by atoms with van der Waals surface area (Å²) in [6.45, 7) is 6.80. The summed E-state index contributed by atoms with van der Waals surface area (Å²) in [5.41, 5.74) is 0. The minimum absolute atomic E-state index is 0.276. The molecular weight excluding hydrogens is 170 g/mol. The van der Waals surface area contributed by atoms with Crippen LogP contribution in [0.3, 0.4) is 0 Å². The highest BCUT2D eigenvalue weighted by Gasteiger charge is 2.31. The number of terminal acetylenes is 1. The van der Waals surface area contributed by atoms with Crippen molar-refractivity contribution < 1.29 is 0 Å². The van der Waals surface area contributed by atoms with E-state index in [0.717, 1.165) is 18.3 Å². The first kappa shape index (κ1) is 11.6. The van der Waals surface area contributed by atoms with Crippen molar-refractivity contribution in [2.24, 2.45) is 11.8 Å². The number of hydrogen-bond acceptors (Lipinski definition) is 1. The van der Waals surface area contributed by atoms with Gasteiger partial charge in [0, 0.05) is 6.04 Å². The van der Waals surface area contributed by atoms with Gasteiger partial charge in [0.1, 0.15) is 0 Å². The van der Waals surface area contributed by atoms with Gasteiger partial charge in [-0.25, -0.2) is 0 Å². The SMILES string of the molecule is C#CC(CC)NC1CCC(CC)C1C. The van der Waals surface area contributed by atoms with Gasteiger partial charge in [-0.05, 0) is 31.1 Å². The molecule has 0 aromatic heterocycles. The third kappa shape index (κ3) is 2.51. The van der Waals surface area contributed by atoms with Crippen molar-refractivity contribution in [3.05, 3.63) is 0 Å². The molecule has 1 saturated carbocycles. The van der Waals surface area contributed by atoms with Gasteiger partial charge < -0.3 is 5.32 Å². The average Bonchev–Trinajstić information content (AvgIpc) is 2.56. The Labute approximate surface area is 88.7 Å². The highest BCUT2D eigenvalue weighted by Crippen LogP contribution is 2.34. The van der Waals surface area contributed by atoms with Gasteiger partial charge in [-0.2, -0.15) is 0 Å². The molecule has 0 aliphatic heterocycles. The molecule has 0 aromatic carbocycles. The smallest absolute Gasteiger partial charge is 0.0686 e. The molecule has 0 bridgehead atoms. The fraction of sp³-hybridized carbons (Fsp3) is 0.846. The Balaban J connectivity index is 2.44. The van der Waals surface area contributed by atoms with E-state index in [4.69, 9.17) is 6.42 Å². The third-order valence-corrected chi connectivity index (χ3v) is 3.78. The Hall–Kier alpha value is -0.480. The molecule has 0 amide bonds. The van der Waals surface area contributed by atoms with Crippen LogP contribution in [0, 0.1) is 24.2 Å². The Morgan fingerprint density at radius 3 is 2.57 bits per heavy atom. The van der Waals surface area contributed by atoms with E-state index in [0.29, 0.717) is 6.04 Å². The van der Waals surface area contributed by atoms with E-state index in [1.165, 1.54) is 19.3 Å². The van der Waals surface area contributed by atoms with Crippen LogP contribution in [-0.2, 0) is 0 Å². The standard InChI is InChI=1S/C13H23N/c1-5-11-8-9-13(10(11)4)14-12(6-2)7-3/h2,10-14H,5,7-9H2,1,3-4H3. The van der Waals surface area contributed by atoms with Crippen LogP contribution in [0.4, 0.5) is 0 Å². The van der Waals surface area contributed by atoms with Crippen molar-refractivity contribution in [3.63, 3.8) is 0 Å². The highest BCUT2D eigenvalue weighted by molar-refractivity contribution is 5.01. The average molecular weight is 193 g/mol. The van der Waals surface area contributed by atoms with Gasteiger partial charge in [0.15, 0.2) is 0 Å². The lowest BCUT2D eigenvalue weighted by atomic mass is 9.93. The predicted molar refractivity (Wildman–Crippen MR) is 62.0 cm³/mol. The van der Waals surface area contributed by atoms with Crippen molar-refractivity contribution in [1.82, 2.24) is 5.32 Å². The topological polar surface area (TPSA) is 12.0 Å². The van der Waals surface area contributed by atoms with Crippen molar-refractivity contribution in [1.29, 1.82) is 0 Å². The van der Waals surface area contributed by atoms with E-state index in [9.17, 15) is 0 Å². The molecule has 1 heteroatoms. The molecule has 0 radical (unpaired) electrons. The zero-order valence-corrected chi connectivity index (χ0v) is 9.72. The van der Waals surface area contributed by atoms with Crippen LogP contribution in [0.25, 0.3) is 0 Å². The molecule has 0 heterocycles. The van der Waals surface area contributed by atoms with E-state index in [2.05, 4.69) is 32.0 Å². The monoisotopic (exact) mass is 193 g/mol. The number of rotatable bonds is 4. The maximum Gasteiger partial charge on any atom is 0.0686 e. The van der Waals surface area contributed by atoms with E-state index < -0.39 is 0 Å². The summed E-state index contributed by atoms with van der Waals surface area (Å²) in [6.07, 6.45) is 10.5. The van der Waals surface area contributed by atoms with Crippen LogP contribution >= 0.6 is 0 Å². The van der Waals surface area contributed by atoms with Crippen molar-refractivity contribution in [2.45, 2.75) is 58.5 Å². The summed E-state index contributed by atoms with van der Waals surface area (Å²) in [7, 11) is 0. The first-order valence-corrected chi connectivity index (χ1v) is 5.95. The molecule has 4 unspecified atom stereocenters. The molecular formula is C13H23N. The van der Waals surface area contributed by atoms with Crippen LogP contribution in [0.5, 0.6) is 0 Å². The normalized spacial score (nSPS) is 34.0. The van der Waals surface area contributed by atoms with Gasteiger partial charge in [-0.1, -0.05) is 33.1 Å². The first-order valence-electron chi connectivity index (χ1n) is 5.95. The van der Waals surface area contributed by atoms with E-state index >= 15 is 0 Å². The lowest BCUT2D eigenvalue weighted by Crippen LogP contribution is -2.39. The number of nitrogens with one attached hydrogen (secondary N) is 1. The summed E-state index contributed by atoms with van der Waals surface area (Å²) in [6, 6.07) is 0.930. The van der Waals surface area contributed by atoms with Gasteiger partial charge >= 0.3 is 0 Å². The van der Waals surface area contributed by atoms with Crippen LogP contribution in [0.1, 0.15) is 46.5 Å². The molecule has 1 aliphatic carbocycles. The number of hydrogen-bond donors (Lipinski definition) is 1. The van der Waals surface area contributed by atoms with E-state index in [1.807, 2.05) is 0 Å². The highest BCUT2D eigenvalue weighted by atomic mass is 15.0. The van der Waals surface area contributed by atoms with Crippen LogP contribution in [0.15, 0.2) is 0 Å². The summed E-state index contributed by atoms with van der Waals surface area (Å²) in [5, 5.41) is 3.59. The summed E-state index contributed by atoms with van der Waals surface area (Å²) in [5.74, 6) is 4.52. The van der Waals surface area contributed by atoms with Gasteiger partial charge in [-0.15, -0.1) is 6.42 Å². The van der Waals surface area contributed by atoms with Gasteiger partial charge in [-0.3, -0.25) is 0 Å². The minimum atomic E-state index is 0.276.